The summed E-state index contributed by atoms with van der Waals surface area (Å²) in [4.78, 5) is 12.6. The van der Waals surface area contributed by atoms with Crippen LogP contribution in [0, 0.1) is 0 Å². The molecule has 1 aromatic rings. The summed E-state index contributed by atoms with van der Waals surface area (Å²) in [6, 6.07) is 7.70. The summed E-state index contributed by atoms with van der Waals surface area (Å²) in [5.41, 5.74) is 12.5. The van der Waals surface area contributed by atoms with Gasteiger partial charge in [0.2, 0.25) is 0 Å². The minimum atomic E-state index is -0.114. The average molecular weight is 391 g/mol. The van der Waals surface area contributed by atoms with E-state index >= 15 is 0 Å². The molecule has 1 amide bonds. The molecule has 0 aliphatic heterocycles. The number of hydrogen-bond acceptors (Lipinski definition) is 2. The molecule has 0 radical (unpaired) electrons. The number of nitrogens with one attached hydrogen (secondary N) is 1. The maximum Gasteiger partial charge on any atom is 0.255 e. The molecule has 0 unspecified atom stereocenters. The molecule has 154 valence electrons. The van der Waals surface area contributed by atoms with Gasteiger partial charge >= 0.3 is 0 Å². The van der Waals surface area contributed by atoms with E-state index in [4.69, 9.17) is 5.73 Å². The summed E-state index contributed by atoms with van der Waals surface area (Å²) in [6.07, 6.45) is 12.8. The Morgan fingerprint density at radius 3 is 2.28 bits per heavy atom. The molecular weight excluding hydrogens is 356 g/mol. The highest BCUT2D eigenvalue weighted by Gasteiger charge is 2.08. The van der Waals surface area contributed by atoms with Gasteiger partial charge in [-0.15, -0.1) is 0 Å². The van der Waals surface area contributed by atoms with Gasteiger partial charge in [0.25, 0.3) is 5.91 Å². The number of allylic oxidation sites excluding steroid dienone is 9. The van der Waals surface area contributed by atoms with Gasteiger partial charge in [0.15, 0.2) is 0 Å². The fourth-order valence-electron chi connectivity index (χ4n) is 3.00. The zero-order valence-electron chi connectivity index (χ0n) is 18.4. The molecule has 29 heavy (non-hydrogen) atoms. The first-order valence-electron chi connectivity index (χ1n) is 10.0. The van der Waals surface area contributed by atoms with E-state index in [1.165, 1.54) is 0 Å². The molecule has 3 N–H and O–H groups in total. The second kappa shape index (κ2) is 12.5. The van der Waals surface area contributed by atoms with Gasteiger partial charge < -0.3 is 11.1 Å². The average Bonchev–Trinajstić information content (AvgIpc) is 2.74. The molecule has 0 aromatic heterocycles. The number of benzene rings is 1. The SMILES string of the molecule is C=CC(=C/C)/C(=C\C(=C/C)C(=C\C)\CN)/C=C(\C)NC(=O)c1cccc(CC)c1. The molecule has 3 nitrogen and oxygen atoms in total. The fraction of sp³-hybridized carbons (Fsp3) is 0.269. The zero-order valence-corrected chi connectivity index (χ0v) is 18.4. The lowest BCUT2D eigenvalue weighted by Crippen LogP contribution is -2.21. The summed E-state index contributed by atoms with van der Waals surface area (Å²) in [6.45, 7) is 14.3. The van der Waals surface area contributed by atoms with Crippen molar-refractivity contribution in [3.05, 3.63) is 106 Å². The van der Waals surface area contributed by atoms with Gasteiger partial charge in [0.05, 0.1) is 0 Å². The van der Waals surface area contributed by atoms with Gasteiger partial charge in [-0.3, -0.25) is 4.79 Å². The number of hydrogen-bond donors (Lipinski definition) is 2. The third kappa shape index (κ3) is 7.20. The maximum absolute atomic E-state index is 12.6. The summed E-state index contributed by atoms with van der Waals surface area (Å²) in [5, 5.41) is 2.99. The minimum absolute atomic E-state index is 0.114. The van der Waals surface area contributed by atoms with Crippen LogP contribution < -0.4 is 11.1 Å². The van der Waals surface area contributed by atoms with Gasteiger partial charge in [-0.1, -0.05) is 49.9 Å². The van der Waals surface area contributed by atoms with Crippen LogP contribution >= 0.6 is 0 Å². The molecular formula is C26H34N2O. The first-order chi connectivity index (χ1) is 13.9. The van der Waals surface area contributed by atoms with Crippen molar-refractivity contribution < 1.29 is 4.79 Å². The van der Waals surface area contributed by atoms with E-state index in [9.17, 15) is 4.79 Å². The molecule has 0 aliphatic rings. The summed E-state index contributed by atoms with van der Waals surface area (Å²) >= 11 is 0. The Labute approximate surface area is 176 Å². The van der Waals surface area contributed by atoms with Crippen molar-refractivity contribution in [2.24, 2.45) is 5.73 Å². The van der Waals surface area contributed by atoms with Crippen LogP contribution in [0.3, 0.4) is 0 Å². The van der Waals surface area contributed by atoms with E-state index < -0.39 is 0 Å². The lowest BCUT2D eigenvalue weighted by atomic mass is 9.97. The highest BCUT2D eigenvalue weighted by atomic mass is 16.1. The second-order valence-electron chi connectivity index (χ2n) is 6.65. The monoisotopic (exact) mass is 390 g/mol. The number of aryl methyl sites for hydroxylation is 1. The van der Waals surface area contributed by atoms with Crippen molar-refractivity contribution >= 4 is 5.91 Å². The smallest absolute Gasteiger partial charge is 0.255 e. The normalized spacial score (nSPS) is 14.1. The molecule has 0 atom stereocenters. The minimum Gasteiger partial charge on any atom is -0.326 e. The Hall–Kier alpha value is -2.91. The van der Waals surface area contributed by atoms with E-state index in [-0.39, 0.29) is 5.91 Å². The highest BCUT2D eigenvalue weighted by Crippen LogP contribution is 2.21. The van der Waals surface area contributed by atoms with Gasteiger partial charge in [-0.2, -0.15) is 0 Å². The Morgan fingerprint density at radius 1 is 1.07 bits per heavy atom. The van der Waals surface area contributed by atoms with Crippen LogP contribution in [0.15, 0.2) is 95.3 Å². The molecule has 1 aromatic carbocycles. The molecule has 0 fully saturated rings. The first kappa shape index (κ1) is 24.1. The molecule has 0 aliphatic carbocycles. The maximum atomic E-state index is 12.6. The van der Waals surface area contributed by atoms with Gasteiger partial charge in [-0.05, 0) is 86.3 Å². The summed E-state index contributed by atoms with van der Waals surface area (Å²) in [5.74, 6) is -0.114. The van der Waals surface area contributed by atoms with Crippen molar-refractivity contribution in [1.29, 1.82) is 0 Å². The number of nitrogens with two attached hydrogens (primary N) is 1. The van der Waals surface area contributed by atoms with Crippen molar-refractivity contribution in [3.63, 3.8) is 0 Å². The number of amides is 1. The van der Waals surface area contributed by atoms with Crippen LogP contribution in [-0.2, 0) is 6.42 Å². The summed E-state index contributed by atoms with van der Waals surface area (Å²) < 4.78 is 0. The third-order valence-corrected chi connectivity index (χ3v) is 4.71. The van der Waals surface area contributed by atoms with Crippen molar-refractivity contribution in [1.82, 2.24) is 5.32 Å². The summed E-state index contributed by atoms with van der Waals surface area (Å²) in [7, 11) is 0. The van der Waals surface area contributed by atoms with Crippen LogP contribution in [-0.4, -0.2) is 12.5 Å². The van der Waals surface area contributed by atoms with E-state index in [0.717, 1.165) is 40.0 Å². The molecule has 0 heterocycles. The lowest BCUT2D eigenvalue weighted by molar-refractivity contribution is 0.0966. The predicted molar refractivity (Wildman–Crippen MR) is 126 cm³/mol. The van der Waals surface area contributed by atoms with Crippen LogP contribution in [0.1, 0.15) is 50.5 Å². The van der Waals surface area contributed by atoms with Crippen LogP contribution in [0.25, 0.3) is 0 Å². The van der Waals surface area contributed by atoms with Gasteiger partial charge in [0, 0.05) is 17.8 Å². The Balaban J connectivity index is 3.26. The Morgan fingerprint density at radius 2 is 1.76 bits per heavy atom. The van der Waals surface area contributed by atoms with Crippen LogP contribution in [0.4, 0.5) is 0 Å². The molecule has 1 rings (SSSR count). The third-order valence-electron chi connectivity index (χ3n) is 4.71. The van der Waals surface area contributed by atoms with E-state index in [0.29, 0.717) is 12.1 Å². The van der Waals surface area contributed by atoms with Crippen LogP contribution in [0.2, 0.25) is 0 Å². The standard InChI is InChI=1S/C26H34N2O/c1-7-20-13-12-14-24(16-20)26(29)28-19(6)15-25(21(8-2)9-3)17-22(10-4)23(11-5)18-27/h8-17H,2,7,18,27H2,1,3-6H3,(H,28,29)/b19-15+,21-9-,22-10+,23-11+,25-17-. The number of carbonyl (C=O) groups is 1. The topological polar surface area (TPSA) is 55.1 Å². The molecule has 0 saturated heterocycles. The lowest BCUT2D eigenvalue weighted by Gasteiger charge is -2.12. The quantitative estimate of drug-likeness (QED) is 0.524. The van der Waals surface area contributed by atoms with Crippen LogP contribution in [0.5, 0.6) is 0 Å². The molecule has 0 saturated carbocycles. The number of carbonyl (C=O) groups excluding carboxylic acids is 1. The Kier molecular flexibility index (Phi) is 10.4. The number of rotatable bonds is 9. The Bertz CT molecular complexity index is 880. The first-order valence-corrected chi connectivity index (χ1v) is 10.0. The predicted octanol–water partition coefficient (Wildman–Crippen LogP) is 5.79. The van der Waals surface area contributed by atoms with E-state index in [1.807, 2.05) is 82.3 Å². The largest absolute Gasteiger partial charge is 0.326 e. The van der Waals surface area contributed by atoms with Crippen molar-refractivity contribution in [3.8, 4) is 0 Å². The van der Waals surface area contributed by atoms with E-state index in [2.05, 4.69) is 24.9 Å². The second-order valence-corrected chi connectivity index (χ2v) is 6.65. The van der Waals surface area contributed by atoms with Gasteiger partial charge in [-0.25, -0.2) is 0 Å². The molecule has 3 heteroatoms. The molecule has 0 spiro atoms. The van der Waals surface area contributed by atoms with Crippen molar-refractivity contribution in [2.75, 3.05) is 6.54 Å². The highest BCUT2D eigenvalue weighted by molar-refractivity contribution is 5.95. The van der Waals surface area contributed by atoms with Crippen molar-refractivity contribution in [2.45, 2.75) is 41.0 Å². The van der Waals surface area contributed by atoms with Gasteiger partial charge in [0.1, 0.15) is 0 Å². The zero-order chi connectivity index (χ0) is 21.8. The van der Waals surface area contributed by atoms with E-state index in [1.54, 1.807) is 0 Å². The fourth-order valence-corrected chi connectivity index (χ4v) is 3.00. The molecule has 0 bridgehead atoms.